The third-order valence-electron chi connectivity index (χ3n) is 16.1. The van der Waals surface area contributed by atoms with E-state index >= 15 is 0 Å². The van der Waals surface area contributed by atoms with Crippen LogP contribution in [0.2, 0.25) is 13.1 Å². The van der Waals surface area contributed by atoms with Gasteiger partial charge in [0.05, 0.1) is 22.7 Å². The van der Waals surface area contributed by atoms with Crippen LogP contribution in [-0.4, -0.2) is 8.07 Å². The zero-order valence-corrected chi connectivity index (χ0v) is 42.4. The first-order valence-corrected chi connectivity index (χ1v) is 28.5. The summed E-state index contributed by atoms with van der Waals surface area (Å²) < 4.78 is 6.83. The van der Waals surface area contributed by atoms with Crippen LogP contribution in [-0.2, 0) is 5.41 Å². The first-order chi connectivity index (χ1) is 35.8. The Morgan fingerprint density at radius 3 is 1.60 bits per heavy atom. The van der Waals surface area contributed by atoms with Crippen molar-refractivity contribution in [1.82, 2.24) is 0 Å². The van der Waals surface area contributed by atoms with Crippen molar-refractivity contribution >= 4 is 85.3 Å². The van der Waals surface area contributed by atoms with Gasteiger partial charge in [0.2, 0.25) is 0 Å². The van der Waals surface area contributed by atoms with E-state index in [1.165, 1.54) is 71.3 Å². The highest BCUT2D eigenvalue weighted by atomic mass is 28.3. The normalized spacial score (nSPS) is 13.7. The van der Waals surface area contributed by atoms with Crippen LogP contribution >= 0.6 is 0 Å². The molecule has 0 fully saturated rings. The molecule has 0 radical (unpaired) electrons. The molecule has 0 saturated heterocycles. The largest absolute Gasteiger partial charge is 0.454 e. The van der Waals surface area contributed by atoms with Crippen molar-refractivity contribution in [2.45, 2.75) is 32.4 Å². The van der Waals surface area contributed by atoms with Gasteiger partial charge in [-0.25, -0.2) is 0 Å². The molecular formula is C69H52N2OSi. The number of nitrogens with zero attached hydrogens (tertiary/aromatic N) is 2. The van der Waals surface area contributed by atoms with Crippen molar-refractivity contribution in [3.63, 3.8) is 0 Å². The van der Waals surface area contributed by atoms with E-state index in [2.05, 4.69) is 279 Å². The third-order valence-corrected chi connectivity index (χ3v) is 19.6. The highest BCUT2D eigenvalue weighted by molar-refractivity contribution is 7.03. The molecule has 0 saturated carbocycles. The van der Waals surface area contributed by atoms with E-state index in [0.29, 0.717) is 0 Å². The van der Waals surface area contributed by atoms with Crippen LogP contribution < -0.4 is 20.2 Å². The minimum absolute atomic E-state index is 0.150. The maximum Gasteiger partial charge on any atom is 0.159 e. The quantitative estimate of drug-likeness (QED) is 0.142. The Morgan fingerprint density at radius 2 is 0.877 bits per heavy atom. The molecule has 4 heteroatoms. The maximum atomic E-state index is 6.83. The first kappa shape index (κ1) is 43.1. The second-order valence-electron chi connectivity index (χ2n) is 20.8. The number of furan rings is 1. The molecule has 0 N–H and O–H groups in total. The molecular weight excluding hydrogens is 901 g/mol. The van der Waals surface area contributed by atoms with E-state index in [-0.39, 0.29) is 5.41 Å². The second-order valence-corrected chi connectivity index (χ2v) is 25.1. The van der Waals surface area contributed by atoms with E-state index in [4.69, 9.17) is 4.42 Å². The lowest BCUT2D eigenvalue weighted by atomic mass is 9.82. The maximum absolute atomic E-state index is 6.83. The van der Waals surface area contributed by atoms with E-state index in [1.807, 2.05) is 0 Å². The standard InChI is InChI=1S/C69H52N2OSi/c1-69(2)58-31-15-11-27-51(58)52-39-37-47(43-59(52)69)70(60-32-16-12-25-49(60)45-21-7-5-8-22-45)62-42-41-55-54-40-38-48(44-66(54)73(3,4)65-36-20-30-57(62)67(55)65)71(61-33-17-13-26-50(61)46-23-9-6-10-24-46)63-34-19-29-56-53-28-14-18-35-64(53)72-68(56)63/h5-44H,1-4H3. The lowest BCUT2D eigenvalue weighted by Crippen LogP contribution is -2.56. The first-order valence-electron chi connectivity index (χ1n) is 25.5. The van der Waals surface area contributed by atoms with Crippen LogP contribution in [0, 0.1) is 0 Å². The highest BCUT2D eigenvalue weighted by Crippen LogP contribution is 2.53. The van der Waals surface area contributed by atoms with Crippen molar-refractivity contribution in [1.29, 1.82) is 0 Å². The highest BCUT2D eigenvalue weighted by Gasteiger charge is 2.39. The van der Waals surface area contributed by atoms with Gasteiger partial charge >= 0.3 is 0 Å². The molecule has 0 amide bonds. The second kappa shape index (κ2) is 16.4. The molecule has 2 heterocycles. The van der Waals surface area contributed by atoms with Gasteiger partial charge in [0.15, 0.2) is 5.58 Å². The van der Waals surface area contributed by atoms with Crippen LogP contribution in [0.3, 0.4) is 0 Å². The molecule has 1 aromatic heterocycles. The lowest BCUT2D eigenvalue weighted by molar-refractivity contribution is 0.660. The third kappa shape index (κ3) is 6.57. The van der Waals surface area contributed by atoms with Crippen molar-refractivity contribution in [3.8, 4) is 44.5 Å². The fourth-order valence-corrected chi connectivity index (χ4v) is 15.6. The van der Waals surface area contributed by atoms with Crippen LogP contribution in [0.1, 0.15) is 25.0 Å². The Morgan fingerprint density at radius 1 is 0.356 bits per heavy atom. The van der Waals surface area contributed by atoms with Crippen molar-refractivity contribution in [2.75, 3.05) is 9.80 Å². The SMILES string of the molecule is CC1(C)c2ccccc2-c2ccc(N(c3ccccc3-c3ccccc3)c3ccc4c5c(cccc35)[Si](C)(C)c3cc(N(c5ccccc5-c5ccccc5)c5cccc6c5oc5ccccc56)ccc3-4)cc21. The number of fused-ring (bicyclic) bond motifs is 8. The number of hydrogen-bond donors (Lipinski definition) is 0. The van der Waals surface area contributed by atoms with Crippen LogP contribution in [0.15, 0.2) is 247 Å². The van der Waals surface area contributed by atoms with E-state index in [1.54, 1.807) is 0 Å². The lowest BCUT2D eigenvalue weighted by Gasteiger charge is -2.37. The number of rotatable bonds is 8. The molecule has 2 aliphatic rings. The molecule has 3 nitrogen and oxygen atoms in total. The average Bonchev–Trinajstić information content (AvgIpc) is 3.93. The van der Waals surface area contributed by atoms with Crippen LogP contribution in [0.25, 0.3) is 77.2 Å². The van der Waals surface area contributed by atoms with Gasteiger partial charge in [-0.05, 0) is 115 Å². The van der Waals surface area contributed by atoms with E-state index in [9.17, 15) is 0 Å². The summed E-state index contributed by atoms with van der Waals surface area (Å²) in [6.45, 7) is 9.85. The zero-order valence-electron chi connectivity index (χ0n) is 41.4. The summed E-state index contributed by atoms with van der Waals surface area (Å²) in [6, 6.07) is 89.6. The molecule has 1 aliphatic carbocycles. The Kier molecular flexibility index (Phi) is 9.70. The molecule has 0 spiro atoms. The average molecular weight is 953 g/mol. The number of hydrogen-bond acceptors (Lipinski definition) is 3. The summed E-state index contributed by atoms with van der Waals surface area (Å²) in [4.78, 5) is 4.98. The van der Waals surface area contributed by atoms with Gasteiger partial charge in [-0.3, -0.25) is 0 Å². The summed E-state index contributed by atoms with van der Waals surface area (Å²) >= 11 is 0. The summed E-state index contributed by atoms with van der Waals surface area (Å²) in [5, 5.41) is 7.70. The Hall–Kier alpha value is -8.70. The molecule has 0 atom stereocenters. The van der Waals surface area contributed by atoms with Gasteiger partial charge in [-0.15, -0.1) is 0 Å². The zero-order chi connectivity index (χ0) is 49.0. The molecule has 348 valence electrons. The summed E-state index contributed by atoms with van der Waals surface area (Å²) in [6.07, 6.45) is 0. The van der Waals surface area contributed by atoms with E-state index < -0.39 is 8.07 Å². The van der Waals surface area contributed by atoms with Crippen molar-refractivity contribution < 1.29 is 4.42 Å². The molecule has 12 aromatic rings. The number of anilines is 6. The molecule has 1 aliphatic heterocycles. The molecule has 73 heavy (non-hydrogen) atoms. The predicted molar refractivity (Wildman–Crippen MR) is 311 cm³/mol. The molecule has 0 bridgehead atoms. The van der Waals surface area contributed by atoms with Gasteiger partial charge in [0.1, 0.15) is 13.7 Å². The van der Waals surface area contributed by atoms with Gasteiger partial charge in [-0.1, -0.05) is 215 Å². The van der Waals surface area contributed by atoms with Gasteiger partial charge < -0.3 is 14.2 Å². The summed E-state index contributed by atoms with van der Waals surface area (Å²) in [7, 11) is -2.42. The van der Waals surface area contributed by atoms with Crippen molar-refractivity contribution in [3.05, 3.63) is 254 Å². The fourth-order valence-electron chi connectivity index (χ4n) is 12.5. The Labute approximate surface area is 427 Å². The minimum Gasteiger partial charge on any atom is -0.454 e. The number of benzene rings is 11. The van der Waals surface area contributed by atoms with Crippen LogP contribution in [0.5, 0.6) is 0 Å². The van der Waals surface area contributed by atoms with Gasteiger partial charge in [0, 0.05) is 44.1 Å². The Balaban J connectivity index is 0.978. The van der Waals surface area contributed by atoms with Gasteiger partial charge in [-0.2, -0.15) is 0 Å². The van der Waals surface area contributed by atoms with E-state index in [0.717, 1.165) is 61.5 Å². The topological polar surface area (TPSA) is 19.6 Å². The minimum atomic E-state index is -2.42. The molecule has 0 unspecified atom stereocenters. The molecule has 14 rings (SSSR count). The predicted octanol–water partition coefficient (Wildman–Crippen LogP) is 18.1. The Bertz CT molecular complexity index is 4170. The van der Waals surface area contributed by atoms with Crippen molar-refractivity contribution in [2.24, 2.45) is 0 Å². The summed E-state index contributed by atoms with van der Waals surface area (Å²) in [5.74, 6) is 0. The molecule has 11 aromatic carbocycles. The monoisotopic (exact) mass is 952 g/mol. The van der Waals surface area contributed by atoms with Crippen LogP contribution in [0.4, 0.5) is 34.1 Å². The fraction of sp³-hybridized carbons (Fsp3) is 0.0725. The smallest absolute Gasteiger partial charge is 0.159 e. The number of para-hydroxylation sites is 4. The summed E-state index contributed by atoms with van der Waals surface area (Å²) in [5.41, 5.74) is 21.0. The van der Waals surface area contributed by atoms with Gasteiger partial charge in [0.25, 0.3) is 0 Å².